The summed E-state index contributed by atoms with van der Waals surface area (Å²) < 4.78 is 5.48. The predicted octanol–water partition coefficient (Wildman–Crippen LogP) is 1.09. The Balaban J connectivity index is 2.66. The molecule has 1 amide bonds. The minimum absolute atomic E-state index is 0.00637. The molecule has 0 aliphatic heterocycles. The van der Waals surface area contributed by atoms with Crippen LogP contribution < -0.4 is 10.5 Å². The van der Waals surface area contributed by atoms with Crippen LogP contribution in [0.15, 0.2) is 12.1 Å². The minimum atomic E-state index is -0.0615. The quantitative estimate of drug-likeness (QED) is 0.850. The molecule has 100 valence electrons. The zero-order chi connectivity index (χ0) is 13.7. The van der Waals surface area contributed by atoms with Crippen molar-refractivity contribution in [2.75, 3.05) is 13.7 Å². The summed E-state index contributed by atoms with van der Waals surface area (Å²) >= 11 is 0. The molecule has 0 fully saturated rings. The van der Waals surface area contributed by atoms with Gasteiger partial charge in [-0.2, -0.15) is 0 Å². The van der Waals surface area contributed by atoms with Crippen LogP contribution >= 0.6 is 0 Å². The number of pyridine rings is 1. The SMILES string of the molecule is Cc1ccc(OCC(=O)N(C)C(C)C)c(CN)n1. The van der Waals surface area contributed by atoms with Crippen molar-refractivity contribution in [3.63, 3.8) is 0 Å². The van der Waals surface area contributed by atoms with Gasteiger partial charge in [-0.1, -0.05) is 0 Å². The molecule has 5 nitrogen and oxygen atoms in total. The van der Waals surface area contributed by atoms with Crippen LogP contribution in [-0.4, -0.2) is 35.5 Å². The van der Waals surface area contributed by atoms with Crippen molar-refractivity contribution in [1.82, 2.24) is 9.88 Å². The first-order valence-corrected chi connectivity index (χ1v) is 6.00. The van der Waals surface area contributed by atoms with Crippen molar-refractivity contribution in [2.24, 2.45) is 5.73 Å². The summed E-state index contributed by atoms with van der Waals surface area (Å²) in [7, 11) is 1.76. The van der Waals surface area contributed by atoms with Crippen LogP contribution in [0.4, 0.5) is 0 Å². The lowest BCUT2D eigenvalue weighted by atomic mass is 10.3. The second-order valence-corrected chi connectivity index (χ2v) is 4.49. The van der Waals surface area contributed by atoms with Crippen LogP contribution in [0.5, 0.6) is 5.75 Å². The topological polar surface area (TPSA) is 68.5 Å². The highest BCUT2D eigenvalue weighted by Gasteiger charge is 2.13. The molecule has 0 atom stereocenters. The summed E-state index contributed by atoms with van der Waals surface area (Å²) in [5.74, 6) is 0.516. The summed E-state index contributed by atoms with van der Waals surface area (Å²) in [6.45, 7) is 6.10. The molecule has 0 spiro atoms. The number of nitrogens with two attached hydrogens (primary N) is 1. The first-order valence-electron chi connectivity index (χ1n) is 6.00. The number of carbonyl (C=O) groups is 1. The van der Waals surface area contributed by atoms with E-state index in [0.717, 1.165) is 5.69 Å². The smallest absolute Gasteiger partial charge is 0.260 e. The Hall–Kier alpha value is -1.62. The zero-order valence-electron chi connectivity index (χ0n) is 11.4. The molecule has 0 bridgehead atoms. The lowest BCUT2D eigenvalue weighted by Crippen LogP contribution is -2.36. The summed E-state index contributed by atoms with van der Waals surface area (Å²) in [4.78, 5) is 17.7. The summed E-state index contributed by atoms with van der Waals surface area (Å²) in [6.07, 6.45) is 0. The molecule has 0 aliphatic rings. The van der Waals surface area contributed by atoms with Crippen LogP contribution in [0.1, 0.15) is 25.2 Å². The number of likely N-dealkylation sites (N-methyl/N-ethyl adjacent to an activating group) is 1. The van der Waals surface area contributed by atoms with E-state index in [1.165, 1.54) is 0 Å². The third-order valence-corrected chi connectivity index (χ3v) is 2.78. The van der Waals surface area contributed by atoms with Gasteiger partial charge in [0, 0.05) is 25.3 Å². The molecular formula is C13H21N3O2. The largest absolute Gasteiger partial charge is 0.482 e. The van der Waals surface area contributed by atoms with Crippen molar-refractivity contribution in [1.29, 1.82) is 0 Å². The fourth-order valence-electron chi connectivity index (χ4n) is 1.40. The number of carbonyl (C=O) groups excluding carboxylic acids is 1. The van der Waals surface area contributed by atoms with E-state index < -0.39 is 0 Å². The van der Waals surface area contributed by atoms with Crippen LogP contribution in [0.2, 0.25) is 0 Å². The van der Waals surface area contributed by atoms with Gasteiger partial charge in [0.15, 0.2) is 6.61 Å². The molecule has 5 heteroatoms. The molecule has 1 heterocycles. The molecule has 18 heavy (non-hydrogen) atoms. The number of aryl methyl sites for hydroxylation is 1. The highest BCUT2D eigenvalue weighted by molar-refractivity contribution is 5.77. The zero-order valence-corrected chi connectivity index (χ0v) is 11.4. The van der Waals surface area contributed by atoms with E-state index in [-0.39, 0.29) is 18.6 Å². The van der Waals surface area contributed by atoms with Gasteiger partial charge in [-0.25, -0.2) is 0 Å². The molecule has 0 aliphatic carbocycles. The molecule has 1 rings (SSSR count). The predicted molar refractivity (Wildman–Crippen MR) is 70.3 cm³/mol. The number of amides is 1. The van der Waals surface area contributed by atoms with E-state index in [1.807, 2.05) is 26.8 Å². The molecule has 0 radical (unpaired) electrons. The van der Waals surface area contributed by atoms with Crippen LogP contribution in [0.25, 0.3) is 0 Å². The number of ether oxygens (including phenoxy) is 1. The summed E-state index contributed by atoms with van der Waals surface area (Å²) in [6, 6.07) is 3.80. The van der Waals surface area contributed by atoms with Crippen LogP contribution in [0, 0.1) is 6.92 Å². The molecule has 0 saturated heterocycles. The van der Waals surface area contributed by atoms with E-state index in [1.54, 1.807) is 18.0 Å². The Bertz CT molecular complexity index is 419. The van der Waals surface area contributed by atoms with Gasteiger partial charge >= 0.3 is 0 Å². The first kappa shape index (κ1) is 14.4. The Morgan fingerprint density at radius 3 is 2.72 bits per heavy atom. The Labute approximate surface area is 108 Å². The Kier molecular flexibility index (Phi) is 5.09. The van der Waals surface area contributed by atoms with E-state index in [2.05, 4.69) is 4.98 Å². The van der Waals surface area contributed by atoms with E-state index in [0.29, 0.717) is 18.0 Å². The van der Waals surface area contributed by atoms with Crippen molar-refractivity contribution in [2.45, 2.75) is 33.4 Å². The van der Waals surface area contributed by atoms with Gasteiger partial charge in [-0.05, 0) is 32.9 Å². The third-order valence-electron chi connectivity index (χ3n) is 2.78. The van der Waals surface area contributed by atoms with Crippen LogP contribution in [-0.2, 0) is 11.3 Å². The van der Waals surface area contributed by atoms with Gasteiger partial charge < -0.3 is 15.4 Å². The molecule has 2 N–H and O–H groups in total. The van der Waals surface area contributed by atoms with Gasteiger partial charge in [0.2, 0.25) is 0 Å². The molecular weight excluding hydrogens is 230 g/mol. The Morgan fingerprint density at radius 1 is 1.50 bits per heavy atom. The van der Waals surface area contributed by atoms with Gasteiger partial charge in [0.05, 0.1) is 5.69 Å². The van der Waals surface area contributed by atoms with Crippen molar-refractivity contribution in [3.05, 3.63) is 23.5 Å². The van der Waals surface area contributed by atoms with Crippen LogP contribution in [0.3, 0.4) is 0 Å². The maximum absolute atomic E-state index is 11.8. The monoisotopic (exact) mass is 251 g/mol. The molecule has 1 aromatic rings. The fraction of sp³-hybridized carbons (Fsp3) is 0.538. The number of nitrogens with zero attached hydrogens (tertiary/aromatic N) is 2. The van der Waals surface area contributed by atoms with Gasteiger partial charge in [0.25, 0.3) is 5.91 Å². The van der Waals surface area contributed by atoms with Gasteiger partial charge in [-0.15, -0.1) is 0 Å². The Morgan fingerprint density at radius 2 is 2.17 bits per heavy atom. The molecule has 0 unspecified atom stereocenters. The molecule has 0 aromatic carbocycles. The van der Waals surface area contributed by atoms with E-state index in [4.69, 9.17) is 10.5 Å². The van der Waals surface area contributed by atoms with E-state index in [9.17, 15) is 4.79 Å². The highest BCUT2D eigenvalue weighted by atomic mass is 16.5. The number of aromatic nitrogens is 1. The number of hydrogen-bond acceptors (Lipinski definition) is 4. The fourth-order valence-corrected chi connectivity index (χ4v) is 1.40. The maximum Gasteiger partial charge on any atom is 0.260 e. The van der Waals surface area contributed by atoms with E-state index >= 15 is 0 Å². The van der Waals surface area contributed by atoms with Gasteiger partial charge in [0.1, 0.15) is 5.75 Å². The first-order chi connectivity index (χ1) is 8.45. The third kappa shape index (κ3) is 3.70. The standard InChI is InChI=1S/C13H21N3O2/c1-9(2)16(4)13(17)8-18-12-6-5-10(3)15-11(12)7-14/h5-6,9H,7-8,14H2,1-4H3. The second-order valence-electron chi connectivity index (χ2n) is 4.49. The summed E-state index contributed by atoms with van der Waals surface area (Å²) in [5, 5.41) is 0. The second kappa shape index (κ2) is 6.35. The molecule has 1 aromatic heterocycles. The highest BCUT2D eigenvalue weighted by Crippen LogP contribution is 2.16. The average molecular weight is 251 g/mol. The van der Waals surface area contributed by atoms with Crippen molar-refractivity contribution < 1.29 is 9.53 Å². The normalized spacial score (nSPS) is 10.6. The lowest BCUT2D eigenvalue weighted by Gasteiger charge is -2.21. The number of hydrogen-bond donors (Lipinski definition) is 1. The lowest BCUT2D eigenvalue weighted by molar-refractivity contribution is -0.133. The van der Waals surface area contributed by atoms with Crippen molar-refractivity contribution >= 4 is 5.91 Å². The average Bonchev–Trinajstić information content (AvgIpc) is 2.35. The van der Waals surface area contributed by atoms with Crippen molar-refractivity contribution in [3.8, 4) is 5.75 Å². The minimum Gasteiger partial charge on any atom is -0.482 e. The van der Waals surface area contributed by atoms with Gasteiger partial charge in [-0.3, -0.25) is 9.78 Å². The number of rotatable bonds is 5. The summed E-state index contributed by atoms with van der Waals surface area (Å²) in [5.41, 5.74) is 7.15. The molecule has 0 saturated carbocycles. The maximum atomic E-state index is 11.8.